The van der Waals surface area contributed by atoms with Crippen LogP contribution in [0.4, 0.5) is 19.1 Å². The van der Waals surface area contributed by atoms with Crippen molar-refractivity contribution in [3.05, 3.63) is 41.5 Å². The first-order chi connectivity index (χ1) is 10.0. The van der Waals surface area contributed by atoms with Gasteiger partial charge < -0.3 is 5.32 Å². The molecule has 1 heterocycles. The molecule has 112 valence electrons. The molecule has 0 bridgehead atoms. The molecule has 1 aliphatic rings. The zero-order valence-electron chi connectivity index (χ0n) is 11.7. The van der Waals surface area contributed by atoms with Crippen LogP contribution in [0.2, 0.25) is 0 Å². The summed E-state index contributed by atoms with van der Waals surface area (Å²) in [5.74, 6) is -2.63. The van der Waals surface area contributed by atoms with Crippen LogP contribution in [0.5, 0.6) is 0 Å². The Kier molecular flexibility index (Phi) is 3.61. The van der Waals surface area contributed by atoms with E-state index in [0.29, 0.717) is 23.8 Å². The molecule has 6 heteroatoms. The number of rotatable bonds is 3. The van der Waals surface area contributed by atoms with Gasteiger partial charge in [0.2, 0.25) is 5.95 Å². The molecule has 0 unspecified atom stereocenters. The summed E-state index contributed by atoms with van der Waals surface area (Å²) in [5, 5.41) is 3.26. The van der Waals surface area contributed by atoms with Gasteiger partial charge in [0.05, 0.1) is 11.4 Å². The van der Waals surface area contributed by atoms with Gasteiger partial charge in [-0.3, -0.25) is 4.57 Å². The van der Waals surface area contributed by atoms with Crippen LogP contribution in [-0.2, 0) is 0 Å². The predicted octanol–water partition coefficient (Wildman–Crippen LogP) is 3.95. The van der Waals surface area contributed by atoms with E-state index in [1.165, 1.54) is 4.57 Å². The van der Waals surface area contributed by atoms with Crippen molar-refractivity contribution in [1.82, 2.24) is 9.55 Å². The average Bonchev–Trinajstić information content (AvgIpc) is 3.04. The minimum absolute atomic E-state index is 0.0463. The maximum Gasteiger partial charge on any atom is 0.208 e. The molecule has 1 saturated carbocycles. The standard InChI is InChI=1S/C15H16F3N3/c1-9-8-21(14-7-12(17)11(16)6-13(14)18)15(19-9)20-10-4-2-3-5-10/h6-8,10H,2-5H2,1H3,(H,19,20). The number of imidazole rings is 1. The molecular formula is C15H16F3N3. The van der Waals surface area contributed by atoms with Crippen LogP contribution in [0.15, 0.2) is 18.3 Å². The van der Waals surface area contributed by atoms with Crippen LogP contribution in [0.3, 0.4) is 0 Å². The number of halogens is 3. The lowest BCUT2D eigenvalue weighted by Crippen LogP contribution is -2.18. The van der Waals surface area contributed by atoms with Gasteiger partial charge >= 0.3 is 0 Å². The molecule has 0 amide bonds. The van der Waals surface area contributed by atoms with E-state index in [0.717, 1.165) is 31.7 Å². The van der Waals surface area contributed by atoms with Gasteiger partial charge in [0, 0.05) is 24.4 Å². The SMILES string of the molecule is Cc1cn(-c2cc(F)c(F)cc2F)c(NC2CCCC2)n1. The molecule has 2 aromatic rings. The molecule has 0 aliphatic heterocycles. The minimum atomic E-state index is -1.20. The number of aryl methyl sites for hydroxylation is 1. The Bertz CT molecular complexity index is 660. The third kappa shape index (κ3) is 2.75. The maximum atomic E-state index is 13.9. The average molecular weight is 295 g/mol. The highest BCUT2D eigenvalue weighted by molar-refractivity contribution is 5.45. The Hall–Kier alpha value is -1.98. The monoisotopic (exact) mass is 295 g/mol. The van der Waals surface area contributed by atoms with Gasteiger partial charge in [-0.1, -0.05) is 12.8 Å². The smallest absolute Gasteiger partial charge is 0.208 e. The van der Waals surface area contributed by atoms with E-state index in [1.807, 2.05) is 0 Å². The summed E-state index contributed by atoms with van der Waals surface area (Å²) in [5.41, 5.74) is 0.634. The van der Waals surface area contributed by atoms with E-state index in [9.17, 15) is 13.2 Å². The van der Waals surface area contributed by atoms with Crippen molar-refractivity contribution in [2.24, 2.45) is 0 Å². The molecule has 1 fully saturated rings. The first-order valence-corrected chi connectivity index (χ1v) is 7.02. The number of nitrogens with one attached hydrogen (secondary N) is 1. The van der Waals surface area contributed by atoms with Crippen LogP contribution in [-0.4, -0.2) is 15.6 Å². The van der Waals surface area contributed by atoms with Crippen LogP contribution < -0.4 is 5.32 Å². The van der Waals surface area contributed by atoms with Crippen molar-refractivity contribution in [2.45, 2.75) is 38.6 Å². The zero-order chi connectivity index (χ0) is 15.0. The maximum absolute atomic E-state index is 13.9. The van der Waals surface area contributed by atoms with Crippen molar-refractivity contribution in [2.75, 3.05) is 5.32 Å². The number of hydrogen-bond donors (Lipinski definition) is 1. The lowest BCUT2D eigenvalue weighted by Gasteiger charge is -2.15. The van der Waals surface area contributed by atoms with Gasteiger partial charge in [-0.2, -0.15) is 0 Å². The summed E-state index contributed by atoms with van der Waals surface area (Å²) in [4.78, 5) is 4.31. The quantitative estimate of drug-likeness (QED) is 0.869. The van der Waals surface area contributed by atoms with Crippen LogP contribution >= 0.6 is 0 Å². The molecular weight excluding hydrogens is 279 g/mol. The van der Waals surface area contributed by atoms with Crippen molar-refractivity contribution in [1.29, 1.82) is 0 Å². The van der Waals surface area contributed by atoms with E-state index >= 15 is 0 Å². The van der Waals surface area contributed by atoms with Gasteiger partial charge in [-0.15, -0.1) is 0 Å². The highest BCUT2D eigenvalue weighted by Crippen LogP contribution is 2.26. The van der Waals surface area contributed by atoms with Gasteiger partial charge in [-0.05, 0) is 19.8 Å². The van der Waals surface area contributed by atoms with Gasteiger partial charge in [0.1, 0.15) is 5.82 Å². The van der Waals surface area contributed by atoms with Crippen molar-refractivity contribution >= 4 is 5.95 Å². The second kappa shape index (κ2) is 5.42. The molecule has 0 radical (unpaired) electrons. The van der Waals surface area contributed by atoms with Gasteiger partial charge in [0.15, 0.2) is 11.6 Å². The lowest BCUT2D eigenvalue weighted by molar-refractivity contribution is 0.493. The summed E-state index contributed by atoms with van der Waals surface area (Å²) in [6.45, 7) is 1.77. The second-order valence-corrected chi connectivity index (χ2v) is 5.42. The number of anilines is 1. The normalized spacial score (nSPS) is 15.6. The summed E-state index contributed by atoms with van der Waals surface area (Å²) < 4.78 is 41.8. The van der Waals surface area contributed by atoms with E-state index in [1.54, 1.807) is 13.1 Å². The highest BCUT2D eigenvalue weighted by atomic mass is 19.2. The van der Waals surface area contributed by atoms with Gasteiger partial charge in [-0.25, -0.2) is 18.2 Å². The highest BCUT2D eigenvalue weighted by Gasteiger charge is 2.20. The van der Waals surface area contributed by atoms with Crippen molar-refractivity contribution in [3.63, 3.8) is 0 Å². The molecule has 3 nitrogen and oxygen atoms in total. The fourth-order valence-corrected chi connectivity index (χ4v) is 2.73. The van der Waals surface area contributed by atoms with Crippen LogP contribution in [0.1, 0.15) is 31.4 Å². The molecule has 21 heavy (non-hydrogen) atoms. The first-order valence-electron chi connectivity index (χ1n) is 7.02. The summed E-state index contributed by atoms with van der Waals surface area (Å²) in [7, 11) is 0. The van der Waals surface area contributed by atoms with Crippen LogP contribution in [0.25, 0.3) is 5.69 Å². The van der Waals surface area contributed by atoms with E-state index in [2.05, 4.69) is 10.3 Å². The molecule has 0 saturated heterocycles. The molecule has 1 N–H and O–H groups in total. The van der Waals surface area contributed by atoms with Gasteiger partial charge in [0.25, 0.3) is 0 Å². The van der Waals surface area contributed by atoms with E-state index in [-0.39, 0.29) is 5.69 Å². The predicted molar refractivity (Wildman–Crippen MR) is 74.1 cm³/mol. The first kappa shape index (κ1) is 14.0. The molecule has 1 aliphatic carbocycles. The van der Waals surface area contributed by atoms with Crippen molar-refractivity contribution < 1.29 is 13.2 Å². The Morgan fingerprint density at radius 3 is 2.48 bits per heavy atom. The Labute approximate surface area is 120 Å². The van der Waals surface area contributed by atoms with Crippen molar-refractivity contribution in [3.8, 4) is 5.69 Å². The van der Waals surface area contributed by atoms with E-state index in [4.69, 9.17) is 0 Å². The lowest BCUT2D eigenvalue weighted by atomic mass is 10.2. The largest absolute Gasteiger partial charge is 0.353 e. The molecule has 1 aromatic heterocycles. The zero-order valence-corrected chi connectivity index (χ0v) is 11.7. The summed E-state index contributed by atoms with van der Waals surface area (Å²) in [6, 6.07) is 1.70. The number of benzene rings is 1. The minimum Gasteiger partial charge on any atom is -0.353 e. The summed E-state index contributed by atoms with van der Waals surface area (Å²) in [6.07, 6.45) is 5.97. The van der Waals surface area contributed by atoms with E-state index < -0.39 is 17.5 Å². The third-order valence-electron chi connectivity index (χ3n) is 3.76. The fourth-order valence-electron chi connectivity index (χ4n) is 2.73. The molecule has 0 spiro atoms. The Morgan fingerprint density at radius 2 is 1.76 bits per heavy atom. The Morgan fingerprint density at radius 1 is 1.10 bits per heavy atom. The van der Waals surface area contributed by atoms with Crippen LogP contribution in [0, 0.1) is 24.4 Å². The topological polar surface area (TPSA) is 29.9 Å². The molecule has 1 aromatic carbocycles. The third-order valence-corrected chi connectivity index (χ3v) is 3.76. The number of nitrogens with zero attached hydrogens (tertiary/aromatic N) is 2. The summed E-state index contributed by atoms with van der Waals surface area (Å²) >= 11 is 0. The number of aromatic nitrogens is 2. The molecule has 3 rings (SSSR count). The second-order valence-electron chi connectivity index (χ2n) is 5.42. The molecule has 0 atom stereocenters. The fraction of sp³-hybridized carbons (Fsp3) is 0.400. The Balaban J connectivity index is 2.00. The number of hydrogen-bond acceptors (Lipinski definition) is 2.